The summed E-state index contributed by atoms with van der Waals surface area (Å²) >= 11 is 8.07. The van der Waals surface area contributed by atoms with E-state index in [0.29, 0.717) is 62.1 Å². The molecule has 2 heterocycles. The minimum atomic E-state index is -1.31. The van der Waals surface area contributed by atoms with Crippen molar-refractivity contribution in [1.82, 2.24) is 20.1 Å². The SMILES string of the molecule is CSNc1nn(C)c2c(-c3ccc(C#CC(C)(C)O)nc3[C@H](Cc3cc(F)cc(F)c3)NC(=O)CN=C(C)C(CCO)=C(N)C3CC3)ccc(Cl)c12. The van der Waals surface area contributed by atoms with Gasteiger partial charge in [0.1, 0.15) is 29.5 Å². The fraction of sp³-hybridized carbons (Fsp3) is 0.368. The van der Waals surface area contributed by atoms with Gasteiger partial charge in [0.15, 0.2) is 5.82 Å². The molecular formula is C38H42ClF2N7O3S. The highest BCUT2D eigenvalue weighted by Crippen LogP contribution is 2.40. The number of benzene rings is 2. The number of pyridine rings is 1. The van der Waals surface area contributed by atoms with Gasteiger partial charge in [-0.1, -0.05) is 35.5 Å². The molecule has 0 unspecified atom stereocenters. The van der Waals surface area contributed by atoms with Gasteiger partial charge in [-0.05, 0) is 99.8 Å². The standard InChI is InChI=1S/C38H42ClF2N7O3S/c1-21(27(13-15-49)34(42)23-6-7-23)43-20-32(50)45-31(18-22-16-24(40)19-25(41)17-22)35-28(9-8-26(44-35)12-14-38(2,3)51)29-10-11-30(39)33-36(29)48(4)46-37(33)47-52-5/h8-11,16-17,19,23,31,49,51H,6-7,13,15,18,20,42H2,1-5H3,(H,45,50)(H,46,47)/t31-/m0/s1. The van der Waals surface area contributed by atoms with Crippen molar-refractivity contribution in [1.29, 1.82) is 0 Å². The largest absolute Gasteiger partial charge is 0.402 e. The molecule has 1 aliphatic rings. The number of nitrogens with one attached hydrogen (secondary N) is 2. The number of aromatic nitrogens is 3. The van der Waals surface area contributed by atoms with E-state index in [9.17, 15) is 23.8 Å². The van der Waals surface area contributed by atoms with Gasteiger partial charge >= 0.3 is 0 Å². The molecule has 0 saturated heterocycles. The molecule has 2 aromatic carbocycles. The van der Waals surface area contributed by atoms with Crippen LogP contribution in [0.4, 0.5) is 14.6 Å². The molecule has 0 spiro atoms. The summed E-state index contributed by atoms with van der Waals surface area (Å²) in [6, 6.07) is 9.32. The molecule has 1 saturated carbocycles. The number of aliphatic imine (C=N–C) groups is 1. The summed E-state index contributed by atoms with van der Waals surface area (Å²) in [7, 11) is 1.79. The highest BCUT2D eigenvalue weighted by Gasteiger charge is 2.28. The molecule has 0 aliphatic heterocycles. The van der Waals surface area contributed by atoms with Gasteiger partial charge in [0.05, 0.1) is 27.7 Å². The Morgan fingerprint density at radius 1 is 1.19 bits per heavy atom. The lowest BCUT2D eigenvalue weighted by Gasteiger charge is -2.22. The molecule has 10 nitrogen and oxygen atoms in total. The summed E-state index contributed by atoms with van der Waals surface area (Å²) in [6.07, 6.45) is 4.08. The summed E-state index contributed by atoms with van der Waals surface area (Å²) < 4.78 is 33.9. The normalized spacial score (nSPS) is 14.5. The number of rotatable bonds is 13. The lowest BCUT2D eigenvalue weighted by Crippen LogP contribution is -2.33. The second-order valence-electron chi connectivity index (χ2n) is 13.2. The van der Waals surface area contributed by atoms with Crippen molar-refractivity contribution in [2.24, 2.45) is 23.7 Å². The van der Waals surface area contributed by atoms with Crippen molar-refractivity contribution < 1.29 is 23.8 Å². The Hall–Kier alpha value is -4.48. The van der Waals surface area contributed by atoms with Crippen LogP contribution >= 0.6 is 23.5 Å². The zero-order valence-electron chi connectivity index (χ0n) is 29.6. The van der Waals surface area contributed by atoms with Crippen LogP contribution in [-0.4, -0.2) is 61.6 Å². The van der Waals surface area contributed by atoms with Crippen LogP contribution in [0.25, 0.3) is 22.0 Å². The highest BCUT2D eigenvalue weighted by molar-refractivity contribution is 7.99. The number of carbonyl (C=O) groups excluding carboxylic acids is 1. The van der Waals surface area contributed by atoms with Gasteiger partial charge in [0.25, 0.3) is 0 Å². The zero-order valence-corrected chi connectivity index (χ0v) is 31.2. The van der Waals surface area contributed by atoms with E-state index in [2.05, 4.69) is 32.0 Å². The van der Waals surface area contributed by atoms with Gasteiger partial charge in [0.2, 0.25) is 5.91 Å². The molecule has 274 valence electrons. The molecule has 0 bridgehead atoms. The van der Waals surface area contributed by atoms with Gasteiger partial charge in [-0.3, -0.25) is 14.5 Å². The molecule has 1 aliphatic carbocycles. The van der Waals surface area contributed by atoms with Crippen LogP contribution in [0.3, 0.4) is 0 Å². The molecule has 6 N–H and O–H groups in total. The molecule has 2 aromatic heterocycles. The Morgan fingerprint density at radius 3 is 2.52 bits per heavy atom. The van der Waals surface area contributed by atoms with Crippen molar-refractivity contribution in [3.63, 3.8) is 0 Å². The monoisotopic (exact) mass is 749 g/mol. The number of aliphatic hydroxyl groups excluding tert-OH is 1. The van der Waals surface area contributed by atoms with Crippen LogP contribution < -0.4 is 15.8 Å². The first-order chi connectivity index (χ1) is 24.7. The molecule has 0 radical (unpaired) electrons. The second-order valence-corrected chi connectivity index (χ2v) is 14.2. The minimum absolute atomic E-state index is 0.0445. The number of hydrogen-bond acceptors (Lipinski definition) is 9. The maximum atomic E-state index is 14.5. The van der Waals surface area contributed by atoms with E-state index in [0.717, 1.165) is 24.5 Å². The van der Waals surface area contributed by atoms with Crippen molar-refractivity contribution in [2.75, 3.05) is 24.1 Å². The van der Waals surface area contributed by atoms with Crippen LogP contribution in [0, 0.1) is 29.4 Å². The Kier molecular flexibility index (Phi) is 12.3. The van der Waals surface area contributed by atoms with Crippen molar-refractivity contribution >= 4 is 51.9 Å². The van der Waals surface area contributed by atoms with Crippen molar-refractivity contribution in [3.05, 3.63) is 87.3 Å². The number of aryl methyl sites for hydroxylation is 1. The first kappa shape index (κ1) is 38.7. The average molecular weight is 750 g/mol. The number of nitrogens with zero attached hydrogens (tertiary/aromatic N) is 4. The molecule has 5 rings (SSSR count). The molecule has 1 fully saturated rings. The number of hydrogen-bond donors (Lipinski definition) is 5. The summed E-state index contributed by atoms with van der Waals surface area (Å²) in [6.45, 7) is 4.46. The van der Waals surface area contributed by atoms with Crippen LogP contribution in [0.5, 0.6) is 0 Å². The first-order valence-electron chi connectivity index (χ1n) is 16.7. The third kappa shape index (κ3) is 9.49. The van der Waals surface area contributed by atoms with Gasteiger partial charge in [0, 0.05) is 48.5 Å². The Balaban J connectivity index is 1.65. The summed E-state index contributed by atoms with van der Waals surface area (Å²) in [4.78, 5) is 23.1. The third-order valence-electron chi connectivity index (χ3n) is 8.50. The molecule has 14 heteroatoms. The Morgan fingerprint density at radius 2 is 1.88 bits per heavy atom. The van der Waals surface area contributed by atoms with Gasteiger partial charge < -0.3 is 26.0 Å². The van der Waals surface area contributed by atoms with Crippen LogP contribution in [-0.2, 0) is 18.3 Å². The van der Waals surface area contributed by atoms with Crippen molar-refractivity contribution in [3.8, 4) is 23.0 Å². The third-order valence-corrected chi connectivity index (χ3v) is 9.21. The second kappa shape index (κ2) is 16.5. The van der Waals surface area contributed by atoms with E-state index >= 15 is 0 Å². The maximum absolute atomic E-state index is 14.5. The van der Waals surface area contributed by atoms with E-state index in [1.54, 1.807) is 50.7 Å². The highest BCUT2D eigenvalue weighted by atomic mass is 35.5. The minimum Gasteiger partial charge on any atom is -0.402 e. The molecule has 1 amide bonds. The maximum Gasteiger partial charge on any atom is 0.242 e. The number of anilines is 1. The lowest BCUT2D eigenvalue weighted by molar-refractivity contribution is -0.120. The summed E-state index contributed by atoms with van der Waals surface area (Å²) in [5.74, 6) is 4.47. The van der Waals surface area contributed by atoms with E-state index in [1.165, 1.54) is 24.1 Å². The number of fused-ring (bicyclic) bond motifs is 1. The number of allylic oxidation sites excluding steroid dienone is 1. The first-order valence-corrected chi connectivity index (χ1v) is 18.4. The zero-order chi connectivity index (χ0) is 37.7. The van der Waals surface area contributed by atoms with Gasteiger partial charge in [-0.2, -0.15) is 5.10 Å². The van der Waals surface area contributed by atoms with E-state index in [4.69, 9.17) is 22.3 Å². The topological polar surface area (TPSA) is 151 Å². The predicted molar refractivity (Wildman–Crippen MR) is 204 cm³/mol. The molecule has 4 aromatic rings. The molecule has 52 heavy (non-hydrogen) atoms. The van der Waals surface area contributed by atoms with Crippen LogP contribution in [0.1, 0.15) is 63.0 Å². The number of amides is 1. The lowest BCUT2D eigenvalue weighted by atomic mass is 9.93. The van der Waals surface area contributed by atoms with E-state index in [-0.39, 0.29) is 31.1 Å². The number of halogens is 3. The van der Waals surface area contributed by atoms with Crippen molar-refractivity contribution in [2.45, 2.75) is 58.1 Å². The smallest absolute Gasteiger partial charge is 0.242 e. The van der Waals surface area contributed by atoms with E-state index < -0.39 is 29.2 Å². The fourth-order valence-electron chi connectivity index (χ4n) is 6.01. The summed E-state index contributed by atoms with van der Waals surface area (Å²) in [5.41, 5.74) is 9.89. The fourth-order valence-corrected chi connectivity index (χ4v) is 6.59. The number of aliphatic hydroxyl groups is 2. The predicted octanol–water partition coefficient (Wildman–Crippen LogP) is 6.25. The summed E-state index contributed by atoms with van der Waals surface area (Å²) in [5, 5.41) is 28.8. The van der Waals surface area contributed by atoms with E-state index in [1.807, 2.05) is 12.3 Å². The molecule has 1 atom stereocenters. The number of nitrogens with two attached hydrogens (primary N) is 1. The van der Waals surface area contributed by atoms with Gasteiger partial charge in [-0.25, -0.2) is 13.8 Å². The molecular weight excluding hydrogens is 708 g/mol. The quantitative estimate of drug-likeness (QED) is 0.0612. The van der Waals surface area contributed by atoms with Gasteiger partial charge in [-0.15, -0.1) is 0 Å². The van der Waals surface area contributed by atoms with Crippen LogP contribution in [0.2, 0.25) is 5.02 Å². The average Bonchev–Trinajstić information content (AvgIpc) is 3.88. The number of carbonyl (C=O) groups is 1. The van der Waals surface area contributed by atoms with Crippen LogP contribution in [0.15, 0.2) is 58.7 Å². The Bertz CT molecular complexity index is 2090. The Labute approximate surface area is 311 Å².